The molecule has 0 bridgehead atoms. The fraction of sp³-hybridized carbons (Fsp3) is 0.833. The first-order valence-electron chi connectivity index (χ1n) is 3.01. The van der Waals surface area contributed by atoms with Crippen LogP contribution in [0, 0.1) is 0 Å². The van der Waals surface area contributed by atoms with Crippen LogP contribution < -0.4 is 0 Å². The first-order valence-corrected chi connectivity index (χ1v) is 3.01. The zero-order chi connectivity index (χ0) is 6.41. The minimum atomic E-state index is 0. The van der Waals surface area contributed by atoms with Crippen LogP contribution >= 0.6 is 0 Å². The molecule has 0 atom stereocenters. The van der Waals surface area contributed by atoms with Gasteiger partial charge in [-0.05, 0) is 13.1 Å². The van der Waals surface area contributed by atoms with Crippen molar-refractivity contribution in [2.75, 3.05) is 19.6 Å². The molecular weight excluding hydrogens is 125 g/mol. The molecule has 0 aliphatic carbocycles. The third-order valence-corrected chi connectivity index (χ3v) is 1.23. The Hall–Kier alpha value is 0.630. The zero-order valence-electron chi connectivity index (χ0n) is 5.55. The summed E-state index contributed by atoms with van der Waals surface area (Å²) in [5.41, 5.74) is 0. The van der Waals surface area contributed by atoms with Crippen LogP contribution in [-0.4, -0.2) is 60.4 Å². The molecule has 0 amide bonds. The first kappa shape index (κ1) is 12.3. The Kier molecular flexibility index (Phi) is 11.8. The van der Waals surface area contributed by atoms with Gasteiger partial charge in [0.25, 0.3) is 0 Å². The van der Waals surface area contributed by atoms with E-state index in [0.29, 0.717) is 6.54 Å². The van der Waals surface area contributed by atoms with E-state index < -0.39 is 0 Å². The van der Waals surface area contributed by atoms with E-state index in [0.717, 1.165) is 19.4 Å². The van der Waals surface area contributed by atoms with Gasteiger partial charge in [0.1, 0.15) is 6.29 Å². The van der Waals surface area contributed by atoms with Gasteiger partial charge in [0.15, 0.2) is 0 Å². The van der Waals surface area contributed by atoms with E-state index in [1.807, 2.05) is 13.8 Å². The van der Waals surface area contributed by atoms with Crippen molar-refractivity contribution < 1.29 is 4.79 Å². The predicted octanol–water partition coefficient (Wildman–Crippen LogP) is -0.121. The number of nitrogens with zero attached hydrogens (tertiary/aromatic N) is 1. The van der Waals surface area contributed by atoms with Crippen LogP contribution in [0.2, 0.25) is 0 Å². The topological polar surface area (TPSA) is 20.3 Å². The van der Waals surface area contributed by atoms with E-state index in [4.69, 9.17) is 0 Å². The Bertz CT molecular complexity index is 64.1. The maximum atomic E-state index is 9.89. The molecule has 0 aromatic rings. The molecule has 9 heavy (non-hydrogen) atoms. The average molecular weight is 139 g/mol. The number of likely N-dealkylation sites (N-methyl/N-ethyl adjacent to an activating group) is 1. The normalized spacial score (nSPS) is 8.78. The predicted molar refractivity (Wildman–Crippen MR) is 41.0 cm³/mol. The van der Waals surface area contributed by atoms with Gasteiger partial charge in [-0.2, -0.15) is 0 Å². The Balaban J connectivity index is 0. The fourth-order valence-corrected chi connectivity index (χ4v) is 0.587. The van der Waals surface area contributed by atoms with Gasteiger partial charge in [-0.3, -0.25) is 4.90 Å². The van der Waals surface area contributed by atoms with Gasteiger partial charge in [0.05, 0.1) is 6.54 Å². The fourth-order valence-electron chi connectivity index (χ4n) is 0.587. The summed E-state index contributed by atoms with van der Waals surface area (Å²) >= 11 is 0. The number of aldehydes is 1. The monoisotopic (exact) mass is 139 g/mol. The summed E-state index contributed by atoms with van der Waals surface area (Å²) in [6, 6.07) is 0. The van der Waals surface area contributed by atoms with E-state index in [1.165, 1.54) is 0 Å². The van der Waals surface area contributed by atoms with Crippen molar-refractivity contribution >= 4 is 35.8 Å². The standard InChI is InChI=1S/C6H13NO.Na.H/c1-3-7(4-2)5-6-8;;/h6H,3-5H2,1-2H3;;. The molecule has 0 saturated heterocycles. The SMILES string of the molecule is CCN(CC)CC=O.[NaH]. The molecule has 0 radical (unpaired) electrons. The summed E-state index contributed by atoms with van der Waals surface area (Å²) < 4.78 is 0. The van der Waals surface area contributed by atoms with Crippen molar-refractivity contribution in [2.24, 2.45) is 0 Å². The molecule has 0 saturated carbocycles. The van der Waals surface area contributed by atoms with Gasteiger partial charge in [-0.1, -0.05) is 13.8 Å². The van der Waals surface area contributed by atoms with Crippen molar-refractivity contribution in [1.29, 1.82) is 0 Å². The molecule has 0 fully saturated rings. The second kappa shape index (κ2) is 8.63. The van der Waals surface area contributed by atoms with Gasteiger partial charge >= 0.3 is 29.6 Å². The van der Waals surface area contributed by atoms with Crippen LogP contribution in [0.25, 0.3) is 0 Å². The van der Waals surface area contributed by atoms with E-state index in [2.05, 4.69) is 4.90 Å². The summed E-state index contributed by atoms with van der Waals surface area (Å²) in [5, 5.41) is 0. The van der Waals surface area contributed by atoms with E-state index >= 15 is 0 Å². The van der Waals surface area contributed by atoms with Gasteiger partial charge in [-0.15, -0.1) is 0 Å². The van der Waals surface area contributed by atoms with Crippen molar-refractivity contribution in [2.45, 2.75) is 13.8 Å². The van der Waals surface area contributed by atoms with Crippen LogP contribution in [0.1, 0.15) is 13.8 Å². The van der Waals surface area contributed by atoms with E-state index in [9.17, 15) is 4.79 Å². The van der Waals surface area contributed by atoms with Crippen LogP contribution in [0.4, 0.5) is 0 Å². The molecule has 50 valence electrons. The molecule has 0 aliphatic heterocycles. The number of carbonyl (C=O) groups is 1. The van der Waals surface area contributed by atoms with E-state index in [-0.39, 0.29) is 29.6 Å². The quantitative estimate of drug-likeness (QED) is 0.400. The van der Waals surface area contributed by atoms with Gasteiger partial charge in [0.2, 0.25) is 0 Å². The van der Waals surface area contributed by atoms with Crippen molar-refractivity contribution in [1.82, 2.24) is 4.90 Å². The third-order valence-electron chi connectivity index (χ3n) is 1.23. The van der Waals surface area contributed by atoms with Crippen LogP contribution in [0.3, 0.4) is 0 Å². The molecule has 0 rings (SSSR count). The maximum absolute atomic E-state index is 9.89. The summed E-state index contributed by atoms with van der Waals surface area (Å²) in [6.45, 7) is 6.61. The summed E-state index contributed by atoms with van der Waals surface area (Å²) in [7, 11) is 0. The molecule has 3 heteroatoms. The summed E-state index contributed by atoms with van der Waals surface area (Å²) in [6.07, 6.45) is 0.938. The molecule has 0 heterocycles. The first-order chi connectivity index (χ1) is 3.85. The van der Waals surface area contributed by atoms with Gasteiger partial charge in [0, 0.05) is 0 Å². The molecule has 0 aromatic heterocycles. The Morgan fingerprint density at radius 1 is 1.33 bits per heavy atom. The Labute approximate surface area is 78.9 Å². The average Bonchev–Trinajstić information content (AvgIpc) is 1.83. The summed E-state index contributed by atoms with van der Waals surface area (Å²) in [5.74, 6) is 0. The number of carbonyl (C=O) groups excluding carboxylic acids is 1. The number of hydrogen-bond acceptors (Lipinski definition) is 2. The van der Waals surface area contributed by atoms with Crippen molar-refractivity contribution in [3.63, 3.8) is 0 Å². The molecule has 0 aromatic carbocycles. The zero-order valence-corrected chi connectivity index (χ0v) is 5.55. The minimum absolute atomic E-state index is 0. The van der Waals surface area contributed by atoms with Crippen molar-refractivity contribution in [3.05, 3.63) is 0 Å². The van der Waals surface area contributed by atoms with Crippen LogP contribution in [0.15, 0.2) is 0 Å². The second-order valence-corrected chi connectivity index (χ2v) is 1.65. The van der Waals surface area contributed by atoms with Crippen LogP contribution in [-0.2, 0) is 4.79 Å². The molecular formula is C6H14NNaO. The summed E-state index contributed by atoms with van der Waals surface area (Å²) in [4.78, 5) is 12.0. The Morgan fingerprint density at radius 3 is 1.89 bits per heavy atom. The molecule has 0 unspecified atom stereocenters. The molecule has 0 aliphatic rings. The van der Waals surface area contributed by atoms with Gasteiger partial charge in [-0.25, -0.2) is 0 Å². The Morgan fingerprint density at radius 2 is 1.78 bits per heavy atom. The number of rotatable bonds is 4. The molecule has 0 N–H and O–H groups in total. The third kappa shape index (κ3) is 6.52. The van der Waals surface area contributed by atoms with Crippen molar-refractivity contribution in [3.8, 4) is 0 Å². The van der Waals surface area contributed by atoms with Crippen LogP contribution in [0.5, 0.6) is 0 Å². The number of hydrogen-bond donors (Lipinski definition) is 0. The second-order valence-electron chi connectivity index (χ2n) is 1.65. The van der Waals surface area contributed by atoms with Gasteiger partial charge < -0.3 is 4.79 Å². The molecule has 2 nitrogen and oxygen atoms in total. The van der Waals surface area contributed by atoms with E-state index in [1.54, 1.807) is 0 Å². The molecule has 0 spiro atoms.